The molecular weight excluding hydrogens is 402 g/mol. The zero-order valence-electron chi connectivity index (χ0n) is 15.1. The Balaban J connectivity index is 1.62. The number of thioether (sulfide) groups is 2. The summed E-state index contributed by atoms with van der Waals surface area (Å²) in [5.41, 5.74) is 1.00. The van der Waals surface area contributed by atoms with Gasteiger partial charge in [0, 0.05) is 28.6 Å². The van der Waals surface area contributed by atoms with Crippen molar-refractivity contribution in [3.8, 4) is 0 Å². The number of alkyl halides is 2. The third-order valence-electron chi connectivity index (χ3n) is 4.28. The van der Waals surface area contributed by atoms with Crippen molar-refractivity contribution in [1.29, 1.82) is 0 Å². The van der Waals surface area contributed by atoms with Crippen molar-refractivity contribution in [2.24, 2.45) is 0 Å². The molecule has 4 nitrogen and oxygen atoms in total. The van der Waals surface area contributed by atoms with Crippen molar-refractivity contribution in [2.45, 2.75) is 28.4 Å². The topological polar surface area (TPSA) is 49.4 Å². The summed E-state index contributed by atoms with van der Waals surface area (Å²) < 4.78 is 24.8. The molecule has 0 spiro atoms. The summed E-state index contributed by atoms with van der Waals surface area (Å²) in [6.45, 7) is 1.61. The van der Waals surface area contributed by atoms with E-state index in [1.54, 1.807) is 36.4 Å². The standard InChI is InChI=1S/C20H20F2N2O2S2/c21-20(22)28-15-9-7-14(8-10-15)23-19(26)16-5-1-2-6-17(16)27-13-18(25)24-11-3-4-12-24/h1-2,5-10,20H,3-4,11-13H2,(H,23,26). The maximum Gasteiger partial charge on any atom is 0.288 e. The van der Waals surface area contributed by atoms with E-state index >= 15 is 0 Å². The normalized spacial score (nSPS) is 13.8. The van der Waals surface area contributed by atoms with Crippen LogP contribution in [0.4, 0.5) is 14.5 Å². The van der Waals surface area contributed by atoms with E-state index in [-0.39, 0.29) is 11.8 Å². The first-order valence-corrected chi connectivity index (χ1v) is 10.8. The van der Waals surface area contributed by atoms with Crippen LogP contribution in [0.3, 0.4) is 0 Å². The molecule has 2 amide bonds. The molecule has 1 N–H and O–H groups in total. The summed E-state index contributed by atoms with van der Waals surface area (Å²) in [5, 5.41) is 2.78. The third kappa shape index (κ3) is 5.72. The molecule has 1 aliphatic rings. The Morgan fingerprint density at radius 2 is 1.71 bits per heavy atom. The van der Waals surface area contributed by atoms with Gasteiger partial charge in [0.05, 0.1) is 11.3 Å². The number of anilines is 1. The summed E-state index contributed by atoms with van der Waals surface area (Å²) >= 11 is 1.81. The number of carbonyl (C=O) groups is 2. The highest BCUT2D eigenvalue weighted by Gasteiger charge is 2.19. The molecule has 1 heterocycles. The minimum absolute atomic E-state index is 0.0878. The number of hydrogen-bond donors (Lipinski definition) is 1. The number of carbonyl (C=O) groups excluding carboxylic acids is 2. The van der Waals surface area contributed by atoms with Gasteiger partial charge in [0.25, 0.3) is 11.7 Å². The van der Waals surface area contributed by atoms with Gasteiger partial charge < -0.3 is 10.2 Å². The number of halogens is 2. The maximum absolute atomic E-state index is 12.7. The smallest absolute Gasteiger partial charge is 0.288 e. The highest BCUT2D eigenvalue weighted by atomic mass is 32.2. The minimum Gasteiger partial charge on any atom is -0.342 e. The number of rotatable bonds is 7. The number of benzene rings is 2. The third-order valence-corrected chi connectivity index (χ3v) is 6.06. The molecule has 0 unspecified atom stereocenters. The van der Waals surface area contributed by atoms with E-state index in [1.807, 2.05) is 17.0 Å². The molecule has 0 saturated carbocycles. The fraction of sp³-hybridized carbons (Fsp3) is 0.300. The van der Waals surface area contributed by atoms with E-state index in [0.717, 1.165) is 30.8 Å². The van der Waals surface area contributed by atoms with E-state index < -0.39 is 5.76 Å². The second-order valence-electron chi connectivity index (χ2n) is 6.23. The summed E-state index contributed by atoms with van der Waals surface area (Å²) in [6.07, 6.45) is 2.09. The van der Waals surface area contributed by atoms with E-state index in [9.17, 15) is 18.4 Å². The van der Waals surface area contributed by atoms with Crippen molar-refractivity contribution in [1.82, 2.24) is 4.90 Å². The van der Waals surface area contributed by atoms with Gasteiger partial charge in [-0.15, -0.1) is 11.8 Å². The zero-order valence-corrected chi connectivity index (χ0v) is 16.7. The Morgan fingerprint density at radius 1 is 1.04 bits per heavy atom. The Hall–Kier alpha value is -2.06. The Morgan fingerprint density at radius 3 is 2.39 bits per heavy atom. The molecule has 0 atom stereocenters. The van der Waals surface area contributed by atoms with Crippen molar-refractivity contribution >= 4 is 41.0 Å². The first kappa shape index (κ1) is 20.7. The van der Waals surface area contributed by atoms with Gasteiger partial charge in [0.1, 0.15) is 0 Å². The Bertz CT molecular complexity index is 825. The van der Waals surface area contributed by atoms with Crippen LogP contribution in [0.25, 0.3) is 0 Å². The molecule has 3 rings (SSSR count). The lowest BCUT2D eigenvalue weighted by Crippen LogP contribution is -2.29. The molecule has 148 valence electrons. The van der Waals surface area contributed by atoms with Gasteiger partial charge in [0.2, 0.25) is 5.91 Å². The van der Waals surface area contributed by atoms with Crippen LogP contribution in [0.2, 0.25) is 0 Å². The van der Waals surface area contributed by atoms with Crippen molar-refractivity contribution in [2.75, 3.05) is 24.2 Å². The first-order valence-electron chi connectivity index (χ1n) is 8.89. The highest BCUT2D eigenvalue weighted by molar-refractivity contribution is 8.00. The molecule has 0 aromatic heterocycles. The fourth-order valence-electron chi connectivity index (χ4n) is 2.90. The van der Waals surface area contributed by atoms with E-state index in [1.165, 1.54) is 11.8 Å². The number of likely N-dealkylation sites (tertiary alicyclic amines) is 1. The minimum atomic E-state index is -2.48. The van der Waals surface area contributed by atoms with Gasteiger partial charge >= 0.3 is 0 Å². The Kier molecular flexibility index (Phi) is 7.33. The van der Waals surface area contributed by atoms with Crippen LogP contribution in [-0.4, -0.2) is 41.3 Å². The van der Waals surface area contributed by atoms with Crippen LogP contribution in [0.15, 0.2) is 58.3 Å². The molecule has 1 saturated heterocycles. The Labute approximate surface area is 171 Å². The molecule has 0 aliphatic carbocycles. The van der Waals surface area contributed by atoms with Gasteiger partial charge in [-0.1, -0.05) is 23.9 Å². The fourth-order valence-corrected chi connectivity index (χ4v) is 4.35. The van der Waals surface area contributed by atoms with Crippen LogP contribution >= 0.6 is 23.5 Å². The number of hydrogen-bond acceptors (Lipinski definition) is 4. The summed E-state index contributed by atoms with van der Waals surface area (Å²) in [6, 6.07) is 13.4. The molecule has 1 aliphatic heterocycles. The van der Waals surface area contributed by atoms with Gasteiger partial charge in [-0.2, -0.15) is 8.78 Å². The average Bonchev–Trinajstić information content (AvgIpc) is 3.22. The van der Waals surface area contributed by atoms with Crippen molar-refractivity contribution in [3.05, 3.63) is 54.1 Å². The largest absolute Gasteiger partial charge is 0.342 e. The van der Waals surface area contributed by atoms with Crippen LogP contribution in [0.1, 0.15) is 23.2 Å². The first-order chi connectivity index (χ1) is 13.5. The van der Waals surface area contributed by atoms with Gasteiger partial charge in [-0.25, -0.2) is 0 Å². The monoisotopic (exact) mass is 422 g/mol. The predicted molar refractivity (Wildman–Crippen MR) is 109 cm³/mol. The molecule has 0 bridgehead atoms. The van der Waals surface area contributed by atoms with Crippen LogP contribution in [0, 0.1) is 0 Å². The number of nitrogens with zero attached hydrogens (tertiary/aromatic N) is 1. The maximum atomic E-state index is 12.7. The SMILES string of the molecule is O=C(Nc1ccc(SC(F)F)cc1)c1ccccc1SCC(=O)N1CCCC1. The van der Waals surface area contributed by atoms with Gasteiger partial charge in [0.15, 0.2) is 0 Å². The quantitative estimate of drug-likeness (QED) is 0.640. The second kappa shape index (κ2) is 9.93. The molecule has 0 radical (unpaired) electrons. The molecule has 28 heavy (non-hydrogen) atoms. The lowest BCUT2D eigenvalue weighted by molar-refractivity contribution is -0.127. The lowest BCUT2D eigenvalue weighted by Gasteiger charge is -2.15. The summed E-state index contributed by atoms with van der Waals surface area (Å²) in [5.74, 6) is -2.40. The summed E-state index contributed by atoms with van der Waals surface area (Å²) in [7, 11) is 0. The summed E-state index contributed by atoms with van der Waals surface area (Å²) in [4.78, 5) is 27.9. The van der Waals surface area contributed by atoms with Crippen LogP contribution in [-0.2, 0) is 4.79 Å². The van der Waals surface area contributed by atoms with Crippen LogP contribution in [0.5, 0.6) is 0 Å². The van der Waals surface area contributed by atoms with E-state index in [0.29, 0.717) is 33.7 Å². The molecular formula is C20H20F2N2O2S2. The van der Waals surface area contributed by atoms with Crippen molar-refractivity contribution < 1.29 is 18.4 Å². The number of nitrogens with one attached hydrogen (secondary N) is 1. The zero-order chi connectivity index (χ0) is 19.9. The highest BCUT2D eigenvalue weighted by Crippen LogP contribution is 2.27. The van der Waals surface area contributed by atoms with E-state index in [2.05, 4.69) is 5.32 Å². The van der Waals surface area contributed by atoms with E-state index in [4.69, 9.17) is 0 Å². The average molecular weight is 423 g/mol. The molecule has 2 aromatic rings. The predicted octanol–water partition coefficient (Wildman–Crippen LogP) is 4.97. The van der Waals surface area contributed by atoms with Gasteiger partial charge in [-0.05, 0) is 49.2 Å². The van der Waals surface area contributed by atoms with Crippen LogP contribution < -0.4 is 5.32 Å². The molecule has 1 fully saturated rings. The van der Waals surface area contributed by atoms with Gasteiger partial charge in [-0.3, -0.25) is 9.59 Å². The molecule has 2 aromatic carbocycles. The lowest BCUT2D eigenvalue weighted by atomic mass is 10.2. The second-order valence-corrected chi connectivity index (χ2v) is 8.31. The molecule has 8 heteroatoms. The van der Waals surface area contributed by atoms with Crippen molar-refractivity contribution in [3.63, 3.8) is 0 Å². The number of amides is 2.